The van der Waals surface area contributed by atoms with Crippen LogP contribution in [0.5, 0.6) is 0 Å². The Labute approximate surface area is 122 Å². The molecule has 0 amide bonds. The summed E-state index contributed by atoms with van der Waals surface area (Å²) in [6.45, 7) is 0. The smallest absolute Gasteiger partial charge is 0.0796 e. The third-order valence-corrected chi connectivity index (χ3v) is 2.72. The summed E-state index contributed by atoms with van der Waals surface area (Å²) < 4.78 is 0. The molecule has 19 heavy (non-hydrogen) atoms. The van der Waals surface area contributed by atoms with E-state index >= 15 is 0 Å². The summed E-state index contributed by atoms with van der Waals surface area (Å²) in [7, 11) is 0. The van der Waals surface area contributed by atoms with Gasteiger partial charge in [0.05, 0.1) is 5.69 Å². The summed E-state index contributed by atoms with van der Waals surface area (Å²) in [5.74, 6) is 0. The predicted molar refractivity (Wildman–Crippen MR) is 70.7 cm³/mol. The molecule has 3 aromatic rings. The molecule has 3 heterocycles. The molecule has 0 aliphatic carbocycles. The number of hydrogen-bond donors (Lipinski definition) is 0. The second kappa shape index (κ2) is 6.23. The first-order valence-corrected chi connectivity index (χ1v) is 5.71. The normalized spacial score (nSPS) is 9.68. The largest absolute Gasteiger partial charge is 0.264 e. The summed E-state index contributed by atoms with van der Waals surface area (Å²) >= 11 is 0. The van der Waals surface area contributed by atoms with Gasteiger partial charge in [0.15, 0.2) is 0 Å². The van der Waals surface area contributed by atoms with Crippen molar-refractivity contribution in [3.8, 4) is 22.4 Å². The average Bonchev–Trinajstić information content (AvgIpc) is 2.49. The molecule has 3 aromatic heterocycles. The molecule has 0 bridgehead atoms. The maximum atomic E-state index is 4.46. The molecule has 0 aliphatic heterocycles. The Kier molecular flexibility index (Phi) is 4.39. The van der Waals surface area contributed by atoms with E-state index in [9.17, 15) is 0 Å². The van der Waals surface area contributed by atoms with Crippen molar-refractivity contribution in [1.29, 1.82) is 0 Å². The van der Waals surface area contributed by atoms with Gasteiger partial charge in [-0.05, 0) is 24.3 Å². The molecule has 93 valence electrons. The Hall–Kier alpha value is -2.03. The minimum absolute atomic E-state index is 0. The molecule has 3 rings (SSSR count). The average molecular weight is 288 g/mol. The van der Waals surface area contributed by atoms with Gasteiger partial charge in [-0.3, -0.25) is 15.0 Å². The van der Waals surface area contributed by atoms with Crippen LogP contribution in [0.4, 0.5) is 0 Å². The van der Waals surface area contributed by atoms with E-state index in [1.165, 1.54) is 0 Å². The number of pyridine rings is 3. The van der Waals surface area contributed by atoms with Crippen LogP contribution in [0.3, 0.4) is 0 Å². The van der Waals surface area contributed by atoms with E-state index in [-0.39, 0.29) is 17.1 Å². The van der Waals surface area contributed by atoms with Crippen LogP contribution in [0.1, 0.15) is 0 Å². The zero-order valence-corrected chi connectivity index (χ0v) is 11.3. The first kappa shape index (κ1) is 13.4. The van der Waals surface area contributed by atoms with Crippen molar-refractivity contribution >= 4 is 0 Å². The van der Waals surface area contributed by atoms with Gasteiger partial charge in [-0.1, -0.05) is 12.1 Å². The SMILES string of the molecule is [Mn].c1cncc(-c2cccnc2-c2cccnc2)c1. The van der Waals surface area contributed by atoms with Gasteiger partial charge in [0.1, 0.15) is 0 Å². The number of rotatable bonds is 2. The molecule has 4 heteroatoms. The molecule has 0 N–H and O–H groups in total. The van der Waals surface area contributed by atoms with Gasteiger partial charge in [-0.25, -0.2) is 0 Å². The molecular weight excluding hydrogens is 277 g/mol. The minimum atomic E-state index is 0. The number of aromatic nitrogens is 3. The van der Waals surface area contributed by atoms with Crippen molar-refractivity contribution in [2.24, 2.45) is 0 Å². The van der Waals surface area contributed by atoms with Crippen molar-refractivity contribution in [3.63, 3.8) is 0 Å². The summed E-state index contributed by atoms with van der Waals surface area (Å²) in [4.78, 5) is 12.8. The zero-order valence-electron chi connectivity index (χ0n) is 10.1. The van der Waals surface area contributed by atoms with Gasteiger partial charge >= 0.3 is 0 Å². The van der Waals surface area contributed by atoms with Gasteiger partial charge in [0.25, 0.3) is 0 Å². The molecule has 0 spiro atoms. The Morgan fingerprint density at radius 3 is 1.95 bits per heavy atom. The van der Waals surface area contributed by atoms with Crippen molar-refractivity contribution in [2.45, 2.75) is 0 Å². The van der Waals surface area contributed by atoms with Crippen LogP contribution >= 0.6 is 0 Å². The van der Waals surface area contributed by atoms with Crippen LogP contribution in [0.25, 0.3) is 22.4 Å². The molecule has 0 fully saturated rings. The van der Waals surface area contributed by atoms with E-state index in [1.807, 2.05) is 48.8 Å². The topological polar surface area (TPSA) is 38.7 Å². The van der Waals surface area contributed by atoms with Crippen LogP contribution in [-0.4, -0.2) is 15.0 Å². The molecule has 3 nitrogen and oxygen atoms in total. The van der Waals surface area contributed by atoms with Crippen molar-refractivity contribution in [3.05, 3.63) is 67.4 Å². The zero-order chi connectivity index (χ0) is 12.2. The summed E-state index contributed by atoms with van der Waals surface area (Å²) in [5, 5.41) is 0. The van der Waals surface area contributed by atoms with Crippen molar-refractivity contribution in [1.82, 2.24) is 15.0 Å². The van der Waals surface area contributed by atoms with Gasteiger partial charge < -0.3 is 0 Å². The minimum Gasteiger partial charge on any atom is -0.264 e. The standard InChI is InChI=1S/C15H11N3.Mn/c1-4-12(10-16-7-1)14-6-3-9-18-15(14)13-5-2-8-17-11-13;/h1-11H;. The fourth-order valence-electron chi connectivity index (χ4n) is 1.89. The first-order valence-electron chi connectivity index (χ1n) is 5.71. The Morgan fingerprint density at radius 2 is 1.32 bits per heavy atom. The number of nitrogens with zero attached hydrogens (tertiary/aromatic N) is 3. The van der Waals surface area contributed by atoms with Gasteiger partial charge in [-0.2, -0.15) is 0 Å². The third kappa shape index (κ3) is 2.87. The molecular formula is C15H11MnN3. The van der Waals surface area contributed by atoms with E-state index < -0.39 is 0 Å². The van der Waals surface area contributed by atoms with Crippen LogP contribution < -0.4 is 0 Å². The van der Waals surface area contributed by atoms with E-state index in [4.69, 9.17) is 0 Å². The van der Waals surface area contributed by atoms with E-state index in [2.05, 4.69) is 15.0 Å². The molecule has 0 saturated carbocycles. The monoisotopic (exact) mass is 288 g/mol. The second-order valence-electron chi connectivity index (χ2n) is 3.88. The second-order valence-corrected chi connectivity index (χ2v) is 3.88. The molecule has 0 atom stereocenters. The molecule has 0 aromatic carbocycles. The summed E-state index contributed by atoms with van der Waals surface area (Å²) in [5.41, 5.74) is 4.07. The van der Waals surface area contributed by atoms with Gasteiger partial charge in [0.2, 0.25) is 0 Å². The Balaban J connectivity index is 0.00000133. The van der Waals surface area contributed by atoms with Crippen LogP contribution in [-0.2, 0) is 17.1 Å². The van der Waals surface area contributed by atoms with Crippen LogP contribution in [0, 0.1) is 0 Å². The Bertz CT molecular complexity index is 583. The fourth-order valence-corrected chi connectivity index (χ4v) is 1.89. The van der Waals surface area contributed by atoms with Gasteiger partial charge in [-0.15, -0.1) is 0 Å². The van der Waals surface area contributed by atoms with Crippen LogP contribution in [0.15, 0.2) is 67.4 Å². The maximum absolute atomic E-state index is 4.46. The first-order chi connectivity index (χ1) is 8.95. The Morgan fingerprint density at radius 1 is 0.684 bits per heavy atom. The summed E-state index contributed by atoms with van der Waals surface area (Å²) in [6.07, 6.45) is 8.99. The maximum Gasteiger partial charge on any atom is 0.0796 e. The van der Waals surface area contributed by atoms with Crippen LogP contribution in [0.2, 0.25) is 0 Å². The molecule has 0 saturated heterocycles. The number of hydrogen-bond acceptors (Lipinski definition) is 3. The fraction of sp³-hybridized carbons (Fsp3) is 0. The summed E-state index contributed by atoms with van der Waals surface area (Å²) in [6, 6.07) is 11.9. The van der Waals surface area contributed by atoms with E-state index in [0.717, 1.165) is 22.4 Å². The molecule has 1 radical (unpaired) electrons. The molecule has 0 unspecified atom stereocenters. The molecule has 0 aliphatic rings. The quantitative estimate of drug-likeness (QED) is 0.680. The van der Waals surface area contributed by atoms with E-state index in [1.54, 1.807) is 18.6 Å². The predicted octanol–water partition coefficient (Wildman–Crippen LogP) is 3.20. The third-order valence-electron chi connectivity index (χ3n) is 2.72. The van der Waals surface area contributed by atoms with Gasteiger partial charge in [0, 0.05) is 64.7 Å². The van der Waals surface area contributed by atoms with E-state index in [0.29, 0.717) is 0 Å². The van der Waals surface area contributed by atoms with Crippen molar-refractivity contribution < 1.29 is 17.1 Å². The van der Waals surface area contributed by atoms with Crippen molar-refractivity contribution in [2.75, 3.05) is 0 Å².